The number of esters is 1. The van der Waals surface area contributed by atoms with Gasteiger partial charge in [0.1, 0.15) is 0 Å². The second kappa shape index (κ2) is 11.0. The second-order valence-electron chi connectivity index (χ2n) is 9.81. The number of anilines is 2. The molecule has 0 saturated carbocycles. The largest absolute Gasteiger partial charge is 0.461 e. The molecule has 35 heavy (non-hydrogen) atoms. The predicted molar refractivity (Wildman–Crippen MR) is 140 cm³/mol. The van der Waals surface area contributed by atoms with Crippen LogP contribution in [0.1, 0.15) is 67.7 Å². The lowest BCUT2D eigenvalue weighted by Gasteiger charge is -2.29. The quantitative estimate of drug-likeness (QED) is 0.517. The molecule has 192 valence electrons. The highest BCUT2D eigenvalue weighted by molar-refractivity contribution is 6.81. The van der Waals surface area contributed by atoms with Gasteiger partial charge in [-0.15, -0.1) is 0 Å². The van der Waals surface area contributed by atoms with Crippen molar-refractivity contribution in [2.45, 2.75) is 73.3 Å². The SMILES string of the molecule is CCOC(=O)C1=NN(C(C)(C)C)C(=O)/C1=N\c1ccc(N(C)C)cc1NC(=O)C(CC)(CC)CC. The number of hydrogen-bond donors (Lipinski definition) is 1. The molecule has 0 bridgehead atoms. The Bertz CT molecular complexity index is 1020. The van der Waals surface area contributed by atoms with E-state index in [-0.39, 0.29) is 23.9 Å². The van der Waals surface area contributed by atoms with E-state index in [2.05, 4.69) is 15.4 Å². The fourth-order valence-electron chi connectivity index (χ4n) is 3.89. The fraction of sp³-hybridized carbons (Fsp3) is 0.577. The van der Waals surface area contributed by atoms with Crippen LogP contribution in [0.15, 0.2) is 28.3 Å². The molecule has 0 saturated heterocycles. The summed E-state index contributed by atoms with van der Waals surface area (Å²) in [6.07, 6.45) is 2.09. The standard InChI is InChI=1S/C26H39N5O4/c1-10-26(11-2,12-3)24(34)28-19-16-17(30(8)9)14-15-18(19)27-20-21(23(33)35-13-4)29-31(22(20)32)25(5,6)7/h14-16H,10-13H2,1-9H3,(H,28,34)/b27-20-. The number of nitrogens with one attached hydrogen (secondary N) is 1. The predicted octanol–water partition coefficient (Wildman–Crippen LogP) is 4.54. The molecule has 0 radical (unpaired) electrons. The van der Waals surface area contributed by atoms with Crippen molar-refractivity contribution in [1.82, 2.24) is 5.01 Å². The average molecular weight is 486 g/mol. The molecule has 1 aliphatic rings. The van der Waals surface area contributed by atoms with Gasteiger partial charge in [0, 0.05) is 25.2 Å². The lowest BCUT2D eigenvalue weighted by Crippen LogP contribution is -2.41. The topological polar surface area (TPSA) is 104 Å². The second-order valence-corrected chi connectivity index (χ2v) is 9.81. The third-order valence-corrected chi connectivity index (χ3v) is 6.41. The van der Waals surface area contributed by atoms with Gasteiger partial charge in [-0.05, 0) is 65.2 Å². The minimum Gasteiger partial charge on any atom is -0.461 e. The maximum atomic E-state index is 13.4. The number of carbonyl (C=O) groups is 3. The van der Waals surface area contributed by atoms with Gasteiger partial charge in [-0.1, -0.05) is 20.8 Å². The molecule has 0 fully saturated rings. The molecular weight excluding hydrogens is 446 g/mol. The summed E-state index contributed by atoms with van der Waals surface area (Å²) in [6.45, 7) is 13.3. The minimum atomic E-state index is -0.719. The van der Waals surface area contributed by atoms with Gasteiger partial charge in [0.15, 0.2) is 11.4 Å². The molecule has 1 aromatic carbocycles. The summed E-state index contributed by atoms with van der Waals surface area (Å²) in [6, 6.07) is 5.37. The fourth-order valence-corrected chi connectivity index (χ4v) is 3.89. The van der Waals surface area contributed by atoms with Gasteiger partial charge < -0.3 is 15.0 Å². The monoisotopic (exact) mass is 485 g/mol. The minimum absolute atomic E-state index is 0.101. The lowest BCUT2D eigenvalue weighted by molar-refractivity contribution is -0.134. The van der Waals surface area contributed by atoms with Crippen molar-refractivity contribution in [1.29, 1.82) is 0 Å². The van der Waals surface area contributed by atoms with Crippen molar-refractivity contribution < 1.29 is 19.1 Å². The number of nitrogens with zero attached hydrogens (tertiary/aromatic N) is 4. The highest BCUT2D eigenvalue weighted by Gasteiger charge is 2.42. The van der Waals surface area contributed by atoms with Gasteiger partial charge in [0.05, 0.1) is 23.5 Å². The van der Waals surface area contributed by atoms with E-state index in [1.165, 1.54) is 5.01 Å². The van der Waals surface area contributed by atoms with Crippen molar-refractivity contribution >= 4 is 46.3 Å². The molecule has 2 rings (SSSR count). The number of amides is 2. The van der Waals surface area contributed by atoms with Crippen molar-refractivity contribution in [3.05, 3.63) is 18.2 Å². The zero-order valence-electron chi connectivity index (χ0n) is 22.5. The van der Waals surface area contributed by atoms with Gasteiger partial charge in [-0.25, -0.2) is 14.8 Å². The summed E-state index contributed by atoms with van der Waals surface area (Å²) in [4.78, 5) is 45.7. The molecule has 1 aromatic rings. The van der Waals surface area contributed by atoms with Gasteiger partial charge in [0.25, 0.3) is 5.91 Å². The normalized spacial score (nSPS) is 15.3. The summed E-state index contributed by atoms with van der Waals surface area (Å²) in [5, 5.41) is 8.53. The Morgan fingerprint density at radius 1 is 1.09 bits per heavy atom. The molecule has 0 aromatic heterocycles. The Hall–Kier alpha value is -3.23. The lowest BCUT2D eigenvalue weighted by atomic mass is 9.79. The average Bonchev–Trinajstić information content (AvgIpc) is 3.13. The molecule has 0 unspecified atom stereocenters. The summed E-state index contributed by atoms with van der Waals surface area (Å²) in [7, 11) is 3.79. The molecule has 9 heteroatoms. The highest BCUT2D eigenvalue weighted by atomic mass is 16.5. The van der Waals surface area contributed by atoms with E-state index in [1.54, 1.807) is 13.0 Å². The molecule has 0 aliphatic carbocycles. The number of hydrazone groups is 1. The van der Waals surface area contributed by atoms with Crippen molar-refractivity contribution in [3.63, 3.8) is 0 Å². The van der Waals surface area contributed by atoms with Crippen molar-refractivity contribution in [2.24, 2.45) is 15.5 Å². The maximum Gasteiger partial charge on any atom is 0.361 e. The van der Waals surface area contributed by atoms with E-state index in [0.717, 1.165) is 5.69 Å². The summed E-state index contributed by atoms with van der Waals surface area (Å²) in [5.41, 5.74) is 0.233. The van der Waals surface area contributed by atoms with Crippen molar-refractivity contribution in [3.8, 4) is 0 Å². The molecule has 0 atom stereocenters. The molecule has 1 heterocycles. The van der Waals surface area contributed by atoms with Gasteiger partial charge >= 0.3 is 5.97 Å². The number of aliphatic imine (C=N–C) groups is 1. The van der Waals surface area contributed by atoms with Crippen LogP contribution in [0.5, 0.6) is 0 Å². The first-order valence-corrected chi connectivity index (χ1v) is 12.2. The zero-order chi connectivity index (χ0) is 26.6. The van der Waals surface area contributed by atoms with Crippen LogP contribution in [0, 0.1) is 5.41 Å². The molecule has 1 N–H and O–H groups in total. The maximum absolute atomic E-state index is 13.4. The molecule has 1 aliphatic heterocycles. The third-order valence-electron chi connectivity index (χ3n) is 6.41. The van der Waals surface area contributed by atoms with E-state index in [4.69, 9.17) is 4.74 Å². The Labute approximate surface area is 208 Å². The Morgan fingerprint density at radius 3 is 2.17 bits per heavy atom. The molecule has 0 spiro atoms. The van der Waals surface area contributed by atoms with Crippen LogP contribution in [0.4, 0.5) is 17.1 Å². The van der Waals surface area contributed by atoms with Gasteiger partial charge in [0.2, 0.25) is 5.91 Å². The zero-order valence-corrected chi connectivity index (χ0v) is 22.5. The Morgan fingerprint density at radius 2 is 1.69 bits per heavy atom. The number of hydrogen-bond acceptors (Lipinski definition) is 7. The summed E-state index contributed by atoms with van der Waals surface area (Å²) < 4.78 is 5.13. The molecule has 9 nitrogen and oxygen atoms in total. The van der Waals surface area contributed by atoms with E-state index in [1.807, 2.05) is 72.7 Å². The van der Waals surface area contributed by atoms with Crippen LogP contribution in [0.3, 0.4) is 0 Å². The number of ether oxygens (including phenoxy) is 1. The van der Waals surface area contributed by atoms with Gasteiger partial charge in [-0.3, -0.25) is 9.59 Å². The highest BCUT2D eigenvalue weighted by Crippen LogP contribution is 2.36. The Balaban J connectivity index is 2.64. The number of benzene rings is 1. The van der Waals surface area contributed by atoms with Gasteiger partial charge in [-0.2, -0.15) is 5.10 Å². The summed E-state index contributed by atoms with van der Waals surface area (Å²) >= 11 is 0. The smallest absolute Gasteiger partial charge is 0.361 e. The number of carbonyl (C=O) groups excluding carboxylic acids is 3. The first-order valence-electron chi connectivity index (χ1n) is 12.2. The first-order chi connectivity index (χ1) is 16.3. The van der Waals surface area contributed by atoms with E-state index in [0.29, 0.717) is 30.6 Å². The van der Waals surface area contributed by atoms with Crippen LogP contribution in [-0.4, -0.2) is 60.5 Å². The third kappa shape index (κ3) is 5.89. The van der Waals surface area contributed by atoms with Crippen LogP contribution < -0.4 is 10.2 Å². The van der Waals surface area contributed by atoms with E-state index >= 15 is 0 Å². The number of rotatable bonds is 9. The first kappa shape index (κ1) is 28.0. The Kier molecular flexibility index (Phi) is 8.81. The van der Waals surface area contributed by atoms with Crippen LogP contribution in [0.25, 0.3) is 0 Å². The van der Waals surface area contributed by atoms with Crippen LogP contribution in [0.2, 0.25) is 0 Å². The van der Waals surface area contributed by atoms with Crippen molar-refractivity contribution in [2.75, 3.05) is 30.9 Å². The molecular formula is C26H39N5O4. The van der Waals surface area contributed by atoms with Crippen LogP contribution >= 0.6 is 0 Å². The summed E-state index contributed by atoms with van der Waals surface area (Å²) in [5.74, 6) is -1.32. The van der Waals surface area contributed by atoms with Crippen LogP contribution in [-0.2, 0) is 19.1 Å². The van der Waals surface area contributed by atoms with E-state index < -0.39 is 22.8 Å². The van der Waals surface area contributed by atoms with E-state index in [9.17, 15) is 14.4 Å². The molecule has 2 amide bonds.